The number of carbonyl (C=O) groups excluding carboxylic acids is 4. The molecular weight excluding hydrogens is 452 g/mol. The van der Waals surface area contributed by atoms with Crippen LogP contribution in [0.2, 0.25) is 0 Å². The van der Waals surface area contributed by atoms with Gasteiger partial charge < -0.3 is 0 Å². The maximum Gasteiger partial charge on any atom is 0.335 e. The third-order valence-corrected chi connectivity index (χ3v) is 5.23. The number of amides is 5. The lowest BCUT2D eigenvalue weighted by Gasteiger charge is -2.26. The Morgan fingerprint density at radius 1 is 0.967 bits per heavy atom. The van der Waals surface area contributed by atoms with Gasteiger partial charge in [-0.3, -0.25) is 19.7 Å². The van der Waals surface area contributed by atoms with E-state index in [2.05, 4.69) is 26.3 Å². The van der Waals surface area contributed by atoms with Crippen molar-refractivity contribution in [2.75, 3.05) is 9.91 Å². The van der Waals surface area contributed by atoms with Gasteiger partial charge >= 0.3 is 6.03 Å². The molecule has 0 bridgehead atoms. The van der Waals surface area contributed by atoms with Gasteiger partial charge in [0.25, 0.3) is 17.7 Å². The Bertz CT molecular complexity index is 1130. The van der Waals surface area contributed by atoms with Crippen LogP contribution >= 0.6 is 15.9 Å². The van der Waals surface area contributed by atoms with Gasteiger partial charge in [-0.15, -0.1) is 0 Å². The fourth-order valence-electron chi connectivity index (χ4n) is 3.19. The van der Waals surface area contributed by atoms with Gasteiger partial charge in [0, 0.05) is 4.47 Å². The quantitative estimate of drug-likeness (QED) is 0.554. The summed E-state index contributed by atoms with van der Waals surface area (Å²) in [5.41, 5.74) is 1.02. The van der Waals surface area contributed by atoms with Crippen molar-refractivity contribution in [3.8, 4) is 0 Å². The summed E-state index contributed by atoms with van der Waals surface area (Å²) in [6.07, 6.45) is 1.26. The van der Waals surface area contributed by atoms with Crippen molar-refractivity contribution in [2.45, 2.75) is 6.92 Å². The highest BCUT2D eigenvalue weighted by Gasteiger charge is 2.40. The molecule has 4 rings (SSSR count). The molecule has 2 heterocycles. The number of para-hydroxylation sites is 1. The van der Waals surface area contributed by atoms with Crippen LogP contribution in [0.4, 0.5) is 16.2 Å². The smallest absolute Gasteiger partial charge is 0.273 e. The zero-order valence-electron chi connectivity index (χ0n) is 15.7. The van der Waals surface area contributed by atoms with Crippen molar-refractivity contribution < 1.29 is 19.2 Å². The first-order chi connectivity index (χ1) is 14.4. The van der Waals surface area contributed by atoms with Gasteiger partial charge in [0.15, 0.2) is 0 Å². The molecule has 2 aliphatic heterocycles. The molecule has 150 valence electrons. The van der Waals surface area contributed by atoms with Crippen molar-refractivity contribution in [1.82, 2.24) is 5.32 Å². The molecule has 2 aliphatic rings. The molecule has 5 amide bonds. The van der Waals surface area contributed by atoms with E-state index in [0.29, 0.717) is 17.1 Å². The van der Waals surface area contributed by atoms with E-state index < -0.39 is 23.8 Å². The molecular formula is C21H15BrN4O4. The molecule has 2 aromatic rings. The second-order valence-electron chi connectivity index (χ2n) is 6.66. The minimum atomic E-state index is -0.894. The van der Waals surface area contributed by atoms with E-state index in [-0.39, 0.29) is 11.5 Å². The number of benzene rings is 2. The van der Waals surface area contributed by atoms with Crippen LogP contribution in [0.15, 0.2) is 75.8 Å². The molecule has 30 heavy (non-hydrogen) atoms. The number of imide groups is 2. The van der Waals surface area contributed by atoms with Gasteiger partial charge in [-0.1, -0.05) is 34.1 Å². The van der Waals surface area contributed by atoms with E-state index >= 15 is 0 Å². The number of barbiturate groups is 1. The largest absolute Gasteiger partial charge is 0.335 e. The first-order valence-corrected chi connectivity index (χ1v) is 9.77. The standard InChI is InChI=1S/C21H15BrN4O4/c1-12-16(20(29)26(24-12)15-5-3-2-4-6-15)11-17-18(27)23-21(30)25(19(17)28)14-9-7-13(22)8-10-14/h2-11,16H,1H3,(H,23,27,30)/b17-11-. The maximum atomic E-state index is 13.0. The van der Waals surface area contributed by atoms with E-state index in [1.165, 1.54) is 11.1 Å². The summed E-state index contributed by atoms with van der Waals surface area (Å²) in [6.45, 7) is 1.64. The van der Waals surface area contributed by atoms with E-state index in [0.717, 1.165) is 9.37 Å². The summed E-state index contributed by atoms with van der Waals surface area (Å²) in [5, 5.41) is 7.65. The lowest BCUT2D eigenvalue weighted by Crippen LogP contribution is -2.54. The highest BCUT2D eigenvalue weighted by atomic mass is 79.9. The maximum absolute atomic E-state index is 13.0. The summed E-state index contributed by atoms with van der Waals surface area (Å²) in [5.74, 6) is -2.93. The van der Waals surface area contributed by atoms with E-state index in [9.17, 15) is 19.2 Å². The lowest BCUT2D eigenvalue weighted by molar-refractivity contribution is -0.122. The fraction of sp³-hybridized carbons (Fsp3) is 0.0952. The van der Waals surface area contributed by atoms with Crippen LogP contribution in [0.3, 0.4) is 0 Å². The molecule has 0 spiro atoms. The van der Waals surface area contributed by atoms with Crippen LogP contribution in [-0.4, -0.2) is 29.5 Å². The first-order valence-electron chi connectivity index (χ1n) is 8.98. The van der Waals surface area contributed by atoms with Crippen molar-refractivity contribution in [2.24, 2.45) is 11.0 Å². The summed E-state index contributed by atoms with van der Waals surface area (Å²) < 4.78 is 0.771. The monoisotopic (exact) mass is 466 g/mol. The number of nitrogens with zero attached hydrogens (tertiary/aromatic N) is 3. The average Bonchev–Trinajstić information content (AvgIpc) is 3.01. The SMILES string of the molecule is CC1=NN(c2ccccc2)C(=O)C1/C=C1/C(=O)NC(=O)N(c2ccc(Br)cc2)C1=O. The number of carbonyl (C=O) groups is 4. The predicted molar refractivity (Wildman–Crippen MR) is 114 cm³/mol. The van der Waals surface area contributed by atoms with Crippen LogP contribution in [0.1, 0.15) is 6.92 Å². The minimum Gasteiger partial charge on any atom is -0.273 e. The zero-order chi connectivity index (χ0) is 21.4. The highest BCUT2D eigenvalue weighted by molar-refractivity contribution is 9.10. The molecule has 1 N–H and O–H groups in total. The molecule has 1 unspecified atom stereocenters. The number of rotatable bonds is 3. The Hall–Kier alpha value is -3.59. The second kappa shape index (κ2) is 7.68. The minimum absolute atomic E-state index is 0.291. The Kier molecular flexibility index (Phi) is 5.04. The van der Waals surface area contributed by atoms with Crippen LogP contribution < -0.4 is 15.2 Å². The number of halogens is 1. The third kappa shape index (κ3) is 3.43. The predicted octanol–water partition coefficient (Wildman–Crippen LogP) is 3.00. The Balaban J connectivity index is 1.67. The van der Waals surface area contributed by atoms with Crippen molar-refractivity contribution >= 4 is 56.8 Å². The molecule has 9 heteroatoms. The fourth-order valence-corrected chi connectivity index (χ4v) is 3.46. The van der Waals surface area contributed by atoms with E-state index in [4.69, 9.17) is 0 Å². The van der Waals surface area contributed by atoms with E-state index in [1.807, 2.05) is 6.07 Å². The number of nitrogens with one attached hydrogen (secondary N) is 1. The van der Waals surface area contributed by atoms with Crippen molar-refractivity contribution in [1.29, 1.82) is 0 Å². The van der Waals surface area contributed by atoms with Crippen LogP contribution in [-0.2, 0) is 14.4 Å². The second-order valence-corrected chi connectivity index (χ2v) is 7.58. The van der Waals surface area contributed by atoms with Gasteiger partial charge in [-0.25, -0.2) is 9.69 Å². The molecule has 1 fully saturated rings. The number of hydrazone groups is 1. The van der Waals surface area contributed by atoms with Crippen LogP contribution in [0.25, 0.3) is 0 Å². The van der Waals surface area contributed by atoms with E-state index in [1.54, 1.807) is 55.5 Å². The number of hydrogen-bond acceptors (Lipinski definition) is 5. The molecule has 0 aliphatic carbocycles. The molecule has 0 saturated carbocycles. The molecule has 1 atom stereocenters. The topological polar surface area (TPSA) is 99.2 Å². The van der Waals surface area contributed by atoms with Gasteiger partial charge in [0.2, 0.25) is 0 Å². The van der Waals surface area contributed by atoms with Crippen molar-refractivity contribution in [3.05, 3.63) is 70.7 Å². The van der Waals surface area contributed by atoms with Crippen LogP contribution in [0, 0.1) is 5.92 Å². The average molecular weight is 467 g/mol. The molecule has 0 aromatic heterocycles. The van der Waals surface area contributed by atoms with Gasteiger partial charge in [-0.05, 0) is 49.4 Å². The first kappa shape index (κ1) is 19.7. The van der Waals surface area contributed by atoms with Gasteiger partial charge in [0.1, 0.15) is 5.57 Å². The third-order valence-electron chi connectivity index (χ3n) is 4.70. The highest BCUT2D eigenvalue weighted by Crippen LogP contribution is 2.27. The summed E-state index contributed by atoms with van der Waals surface area (Å²) in [4.78, 5) is 51.4. The number of urea groups is 1. The number of anilines is 2. The molecule has 0 radical (unpaired) electrons. The summed E-state index contributed by atoms with van der Waals surface area (Å²) in [6, 6.07) is 14.5. The van der Waals surface area contributed by atoms with Crippen molar-refractivity contribution in [3.63, 3.8) is 0 Å². The Morgan fingerprint density at radius 2 is 1.63 bits per heavy atom. The van der Waals surface area contributed by atoms with Crippen LogP contribution in [0.5, 0.6) is 0 Å². The van der Waals surface area contributed by atoms with Gasteiger partial charge in [-0.2, -0.15) is 10.1 Å². The summed E-state index contributed by atoms with van der Waals surface area (Å²) in [7, 11) is 0. The lowest BCUT2D eigenvalue weighted by atomic mass is 9.98. The Morgan fingerprint density at radius 3 is 2.30 bits per heavy atom. The summed E-state index contributed by atoms with van der Waals surface area (Å²) >= 11 is 3.29. The molecule has 1 saturated heterocycles. The zero-order valence-corrected chi connectivity index (χ0v) is 17.3. The number of hydrogen-bond donors (Lipinski definition) is 1. The molecule has 8 nitrogen and oxygen atoms in total. The molecule has 2 aromatic carbocycles. The van der Waals surface area contributed by atoms with Gasteiger partial charge in [0.05, 0.1) is 23.0 Å². The Labute approximate surface area is 180 Å². The normalized spacial score (nSPS) is 20.7.